The van der Waals surface area contributed by atoms with Crippen LogP contribution < -0.4 is 0 Å². The molecule has 0 atom stereocenters. The summed E-state index contributed by atoms with van der Waals surface area (Å²) in [5.41, 5.74) is 2.44. The van der Waals surface area contributed by atoms with E-state index in [-0.39, 0.29) is 17.3 Å². The number of nitrogens with zero attached hydrogens (tertiary/aromatic N) is 2. The van der Waals surface area contributed by atoms with E-state index >= 15 is 0 Å². The molecule has 1 aromatic heterocycles. The van der Waals surface area contributed by atoms with Gasteiger partial charge in [0, 0.05) is 41.8 Å². The van der Waals surface area contributed by atoms with Crippen molar-refractivity contribution < 1.29 is 27.5 Å². The van der Waals surface area contributed by atoms with E-state index in [1.54, 1.807) is 49.4 Å². The van der Waals surface area contributed by atoms with E-state index in [1.165, 1.54) is 16.5 Å². The number of carbonyl (C=O) groups is 2. The van der Waals surface area contributed by atoms with E-state index in [0.717, 1.165) is 5.69 Å². The van der Waals surface area contributed by atoms with Gasteiger partial charge in [-0.2, -0.15) is 4.31 Å². The fraction of sp³-hybridized carbons (Fsp3) is 0.333. The highest BCUT2D eigenvalue weighted by molar-refractivity contribution is 7.89. The quantitative estimate of drug-likeness (QED) is 0.254. The molecule has 0 N–H and O–H groups in total. The largest absolute Gasteiger partial charge is 0.454 e. The smallest absolute Gasteiger partial charge is 0.331 e. The second-order valence-electron chi connectivity index (χ2n) is 7.55. The number of rotatable bonds is 8. The van der Waals surface area contributed by atoms with Gasteiger partial charge in [-0.25, -0.2) is 13.2 Å². The lowest BCUT2D eigenvalue weighted by Crippen LogP contribution is -2.40. The van der Waals surface area contributed by atoms with E-state index in [1.807, 2.05) is 18.4 Å². The van der Waals surface area contributed by atoms with Crippen LogP contribution in [0.4, 0.5) is 0 Å². The van der Waals surface area contributed by atoms with Crippen molar-refractivity contribution in [2.24, 2.45) is 0 Å². The second-order valence-corrected chi connectivity index (χ2v) is 9.49. The Kier molecular flexibility index (Phi) is 8.01. The van der Waals surface area contributed by atoms with Crippen molar-refractivity contribution in [1.82, 2.24) is 8.87 Å². The molecule has 8 nitrogen and oxygen atoms in total. The van der Waals surface area contributed by atoms with Gasteiger partial charge in [0.15, 0.2) is 6.61 Å². The molecule has 2 heterocycles. The topological polar surface area (TPSA) is 94.9 Å². The van der Waals surface area contributed by atoms with Crippen LogP contribution in [0.3, 0.4) is 0 Å². The predicted molar refractivity (Wildman–Crippen MR) is 124 cm³/mol. The number of esters is 1. The van der Waals surface area contributed by atoms with E-state index in [2.05, 4.69) is 0 Å². The van der Waals surface area contributed by atoms with Gasteiger partial charge in [-0.15, -0.1) is 0 Å². The Morgan fingerprint density at radius 2 is 1.85 bits per heavy atom. The molecule has 176 valence electrons. The van der Waals surface area contributed by atoms with Gasteiger partial charge in [0.05, 0.1) is 18.1 Å². The van der Waals surface area contributed by atoms with Crippen LogP contribution in [-0.4, -0.2) is 62.0 Å². The Bertz CT molecular complexity index is 1190. The first kappa shape index (κ1) is 24.6. The van der Waals surface area contributed by atoms with Crippen LogP contribution in [0.2, 0.25) is 0 Å². The van der Waals surface area contributed by atoms with E-state index < -0.39 is 16.0 Å². The number of hydrogen-bond donors (Lipinski definition) is 0. The number of ether oxygens (including phenoxy) is 2. The first-order valence-electron chi connectivity index (χ1n) is 10.6. The van der Waals surface area contributed by atoms with Gasteiger partial charge < -0.3 is 14.0 Å². The van der Waals surface area contributed by atoms with Crippen LogP contribution in [0.25, 0.3) is 5.69 Å². The number of benzene rings is 1. The van der Waals surface area contributed by atoms with Crippen molar-refractivity contribution in [3.63, 3.8) is 0 Å². The lowest BCUT2D eigenvalue weighted by molar-refractivity contribution is -0.136. The number of sulfonamides is 1. The number of morpholine rings is 1. The third-order valence-corrected chi connectivity index (χ3v) is 7.19. The lowest BCUT2D eigenvalue weighted by Gasteiger charge is -2.26. The lowest BCUT2D eigenvalue weighted by atomic mass is 10.1. The first-order valence-corrected chi connectivity index (χ1v) is 12.1. The average Bonchev–Trinajstić information content (AvgIpc) is 3.12. The van der Waals surface area contributed by atoms with E-state index in [4.69, 9.17) is 9.47 Å². The number of carbonyl (C=O) groups excluding carboxylic acids is 2. The maximum atomic E-state index is 13.0. The molecule has 33 heavy (non-hydrogen) atoms. The number of hydrogen-bond acceptors (Lipinski definition) is 6. The minimum atomic E-state index is -3.65. The summed E-state index contributed by atoms with van der Waals surface area (Å²) in [7, 11) is -3.65. The molecule has 1 aromatic carbocycles. The summed E-state index contributed by atoms with van der Waals surface area (Å²) in [4.78, 5) is 24.6. The van der Waals surface area contributed by atoms with Gasteiger partial charge in [-0.3, -0.25) is 4.79 Å². The number of allylic oxidation sites excluding steroid dienone is 3. The van der Waals surface area contributed by atoms with Crippen LogP contribution in [0.5, 0.6) is 0 Å². The van der Waals surface area contributed by atoms with Gasteiger partial charge in [0.2, 0.25) is 15.8 Å². The zero-order valence-corrected chi connectivity index (χ0v) is 19.8. The molecule has 1 aliphatic rings. The van der Waals surface area contributed by atoms with Gasteiger partial charge >= 0.3 is 5.97 Å². The molecule has 1 aliphatic heterocycles. The molecular weight excluding hydrogens is 444 g/mol. The molecule has 2 aromatic rings. The minimum absolute atomic E-state index is 0.184. The monoisotopic (exact) mass is 472 g/mol. The summed E-state index contributed by atoms with van der Waals surface area (Å²) in [5, 5.41) is 0. The van der Waals surface area contributed by atoms with Gasteiger partial charge in [0.25, 0.3) is 0 Å². The van der Waals surface area contributed by atoms with Crippen LogP contribution in [-0.2, 0) is 24.3 Å². The standard InChI is InChI=1S/C24H28N2O6S/c1-4-5-6-10-24(28)32-17-23(27)22-15-18(2)26(19(22)3)20-8-7-9-21(16-20)33(29,30)25-11-13-31-14-12-25/h4-10,15-16H,11-14,17H2,1-3H3. The third kappa shape index (κ3) is 5.68. The first-order chi connectivity index (χ1) is 15.8. The zero-order chi connectivity index (χ0) is 24.0. The fourth-order valence-corrected chi connectivity index (χ4v) is 5.12. The number of Topliss-reactive ketones (excluding diaryl/α,β-unsaturated/α-hetero) is 1. The Balaban J connectivity index is 1.83. The molecule has 1 fully saturated rings. The van der Waals surface area contributed by atoms with Crippen molar-refractivity contribution in [2.45, 2.75) is 25.7 Å². The molecule has 0 aliphatic carbocycles. The van der Waals surface area contributed by atoms with Crippen molar-refractivity contribution in [1.29, 1.82) is 0 Å². The minimum Gasteiger partial charge on any atom is -0.454 e. The summed E-state index contributed by atoms with van der Waals surface area (Å²) in [6, 6.07) is 8.35. The van der Waals surface area contributed by atoms with Crippen LogP contribution in [0.15, 0.2) is 59.5 Å². The van der Waals surface area contributed by atoms with Crippen LogP contribution >= 0.6 is 0 Å². The summed E-state index contributed by atoms with van der Waals surface area (Å²) < 4.78 is 39.6. The summed E-state index contributed by atoms with van der Waals surface area (Å²) in [5.74, 6) is -0.935. The molecule has 9 heteroatoms. The normalized spacial score (nSPS) is 15.4. The summed E-state index contributed by atoms with van der Waals surface area (Å²) in [6.45, 7) is 6.42. The number of aromatic nitrogens is 1. The average molecular weight is 473 g/mol. The highest BCUT2D eigenvalue weighted by Crippen LogP contribution is 2.25. The van der Waals surface area contributed by atoms with E-state index in [0.29, 0.717) is 43.2 Å². The molecule has 3 rings (SSSR count). The number of aryl methyl sites for hydroxylation is 1. The maximum absolute atomic E-state index is 13.0. The molecule has 0 radical (unpaired) electrons. The van der Waals surface area contributed by atoms with Crippen LogP contribution in [0.1, 0.15) is 28.7 Å². The zero-order valence-electron chi connectivity index (χ0n) is 19.0. The molecule has 0 unspecified atom stereocenters. The fourth-order valence-electron chi connectivity index (χ4n) is 3.67. The Morgan fingerprint density at radius 1 is 1.12 bits per heavy atom. The van der Waals surface area contributed by atoms with Gasteiger partial charge in [0.1, 0.15) is 0 Å². The SMILES string of the molecule is CC=CC=CC(=O)OCC(=O)c1cc(C)n(-c2cccc(S(=O)(=O)N3CCOCC3)c2)c1C. The predicted octanol–water partition coefficient (Wildman–Crippen LogP) is 2.97. The summed E-state index contributed by atoms with van der Waals surface area (Å²) >= 11 is 0. The van der Waals surface area contributed by atoms with Crippen molar-refractivity contribution in [3.8, 4) is 5.69 Å². The molecule has 1 saturated heterocycles. The van der Waals surface area contributed by atoms with Gasteiger partial charge in [-0.1, -0.05) is 24.3 Å². The summed E-state index contributed by atoms with van der Waals surface area (Å²) in [6.07, 6.45) is 6.24. The maximum Gasteiger partial charge on any atom is 0.331 e. The molecule has 0 amide bonds. The highest BCUT2D eigenvalue weighted by atomic mass is 32.2. The van der Waals surface area contributed by atoms with E-state index in [9.17, 15) is 18.0 Å². The van der Waals surface area contributed by atoms with Gasteiger partial charge in [-0.05, 0) is 45.0 Å². The Morgan fingerprint density at radius 3 is 2.55 bits per heavy atom. The Hall–Kier alpha value is -3.01. The molecule has 0 spiro atoms. The molecule has 0 bridgehead atoms. The van der Waals surface area contributed by atoms with Crippen molar-refractivity contribution in [2.75, 3.05) is 32.9 Å². The Labute approximate surface area is 194 Å². The van der Waals surface area contributed by atoms with Crippen molar-refractivity contribution >= 4 is 21.8 Å². The highest BCUT2D eigenvalue weighted by Gasteiger charge is 2.27. The second kappa shape index (κ2) is 10.7. The molecule has 0 saturated carbocycles. The van der Waals surface area contributed by atoms with Crippen molar-refractivity contribution in [3.05, 3.63) is 71.6 Å². The molecular formula is C24H28N2O6S. The number of ketones is 1. The third-order valence-electron chi connectivity index (χ3n) is 5.30. The van der Waals surface area contributed by atoms with Crippen LogP contribution in [0, 0.1) is 13.8 Å².